The highest BCUT2D eigenvalue weighted by Gasteiger charge is 2.08. The van der Waals surface area contributed by atoms with Gasteiger partial charge >= 0.3 is 0 Å². The third kappa shape index (κ3) is 2.01. The van der Waals surface area contributed by atoms with Crippen LogP contribution >= 0.6 is 0 Å². The van der Waals surface area contributed by atoms with Crippen molar-refractivity contribution in [3.05, 3.63) is 11.7 Å². The van der Waals surface area contributed by atoms with Gasteiger partial charge in [-0.05, 0) is 13.3 Å². The molecule has 0 aromatic carbocycles. The molecule has 1 aromatic rings. The van der Waals surface area contributed by atoms with E-state index in [9.17, 15) is 0 Å². The van der Waals surface area contributed by atoms with Crippen LogP contribution in [0.2, 0.25) is 0 Å². The smallest absolute Gasteiger partial charge is 0.243 e. The van der Waals surface area contributed by atoms with Gasteiger partial charge in [0.15, 0.2) is 5.82 Å². The highest BCUT2D eigenvalue weighted by molar-refractivity contribution is 4.89. The molecular formula is C7H13N3O. The van der Waals surface area contributed by atoms with Crippen molar-refractivity contribution in [3.63, 3.8) is 0 Å². The lowest BCUT2D eigenvalue weighted by Crippen LogP contribution is -2.05. The first-order valence-electron chi connectivity index (χ1n) is 3.82. The molecule has 4 heteroatoms. The molecule has 0 aliphatic heterocycles. The van der Waals surface area contributed by atoms with Crippen molar-refractivity contribution in [3.8, 4) is 0 Å². The van der Waals surface area contributed by atoms with E-state index < -0.39 is 0 Å². The number of hydrogen-bond acceptors (Lipinski definition) is 4. The lowest BCUT2D eigenvalue weighted by atomic mass is 10.3. The zero-order valence-corrected chi connectivity index (χ0v) is 6.87. The molecule has 0 saturated carbocycles. The van der Waals surface area contributed by atoms with Crippen LogP contribution in [0.1, 0.15) is 38.0 Å². The first kappa shape index (κ1) is 8.20. The predicted molar refractivity (Wildman–Crippen MR) is 40.9 cm³/mol. The van der Waals surface area contributed by atoms with E-state index in [1.165, 1.54) is 0 Å². The summed E-state index contributed by atoms with van der Waals surface area (Å²) in [4.78, 5) is 4.10. The van der Waals surface area contributed by atoms with E-state index in [-0.39, 0.29) is 6.04 Å². The minimum absolute atomic E-state index is 0.159. The van der Waals surface area contributed by atoms with E-state index >= 15 is 0 Å². The Bertz CT molecular complexity index is 219. The SMILES string of the molecule is CCCc1noc(C(C)N)n1. The first-order valence-corrected chi connectivity index (χ1v) is 3.82. The number of nitrogens with two attached hydrogens (primary N) is 1. The Balaban J connectivity index is 2.66. The maximum absolute atomic E-state index is 5.53. The minimum atomic E-state index is -0.159. The van der Waals surface area contributed by atoms with E-state index in [2.05, 4.69) is 17.1 Å². The normalized spacial score (nSPS) is 13.4. The topological polar surface area (TPSA) is 64.9 Å². The largest absolute Gasteiger partial charge is 0.338 e. The van der Waals surface area contributed by atoms with Crippen LogP contribution in [0.15, 0.2) is 4.52 Å². The van der Waals surface area contributed by atoms with E-state index in [1.54, 1.807) is 0 Å². The zero-order chi connectivity index (χ0) is 8.27. The second-order valence-corrected chi connectivity index (χ2v) is 2.59. The standard InChI is InChI=1S/C7H13N3O/c1-3-4-6-9-7(5(2)8)11-10-6/h5H,3-4,8H2,1-2H3. The van der Waals surface area contributed by atoms with Gasteiger partial charge in [0.2, 0.25) is 5.89 Å². The average molecular weight is 155 g/mol. The maximum Gasteiger partial charge on any atom is 0.243 e. The molecule has 1 aromatic heterocycles. The lowest BCUT2D eigenvalue weighted by Gasteiger charge is -1.92. The summed E-state index contributed by atoms with van der Waals surface area (Å²) >= 11 is 0. The fourth-order valence-electron chi connectivity index (χ4n) is 0.778. The van der Waals surface area contributed by atoms with Crippen molar-refractivity contribution in [2.24, 2.45) is 5.73 Å². The molecule has 1 unspecified atom stereocenters. The number of aromatic nitrogens is 2. The van der Waals surface area contributed by atoms with E-state index in [1.807, 2.05) is 6.92 Å². The molecule has 1 rings (SSSR count). The summed E-state index contributed by atoms with van der Waals surface area (Å²) in [6, 6.07) is -0.159. The van der Waals surface area contributed by atoms with Crippen LogP contribution < -0.4 is 5.73 Å². The Kier molecular flexibility index (Phi) is 2.59. The minimum Gasteiger partial charge on any atom is -0.338 e. The first-order chi connectivity index (χ1) is 5.24. The Morgan fingerprint density at radius 2 is 2.36 bits per heavy atom. The third-order valence-corrected chi connectivity index (χ3v) is 1.35. The summed E-state index contributed by atoms with van der Waals surface area (Å²) in [6.07, 6.45) is 1.88. The Hall–Kier alpha value is -0.900. The second-order valence-electron chi connectivity index (χ2n) is 2.59. The van der Waals surface area contributed by atoms with Gasteiger partial charge in [0, 0.05) is 6.42 Å². The van der Waals surface area contributed by atoms with Crippen LogP contribution in [-0.4, -0.2) is 10.1 Å². The molecule has 0 aliphatic rings. The number of aryl methyl sites for hydroxylation is 1. The van der Waals surface area contributed by atoms with Crippen LogP contribution in [0.4, 0.5) is 0 Å². The van der Waals surface area contributed by atoms with E-state index in [0.29, 0.717) is 5.89 Å². The number of hydrogen-bond donors (Lipinski definition) is 1. The summed E-state index contributed by atoms with van der Waals surface area (Å²) in [7, 11) is 0. The molecule has 4 nitrogen and oxygen atoms in total. The van der Waals surface area contributed by atoms with Gasteiger partial charge in [0.05, 0.1) is 6.04 Å². The summed E-state index contributed by atoms with van der Waals surface area (Å²) in [5.41, 5.74) is 5.53. The molecule has 0 radical (unpaired) electrons. The van der Waals surface area contributed by atoms with Crippen molar-refractivity contribution in [2.45, 2.75) is 32.7 Å². The number of nitrogens with zero attached hydrogens (tertiary/aromatic N) is 2. The Morgan fingerprint density at radius 3 is 2.82 bits per heavy atom. The molecule has 1 heterocycles. The summed E-state index contributed by atoms with van der Waals surface area (Å²) in [6.45, 7) is 3.89. The summed E-state index contributed by atoms with van der Waals surface area (Å²) in [5, 5.41) is 3.76. The van der Waals surface area contributed by atoms with Gasteiger partial charge in [-0.2, -0.15) is 4.98 Å². The third-order valence-electron chi connectivity index (χ3n) is 1.35. The molecule has 0 spiro atoms. The lowest BCUT2D eigenvalue weighted by molar-refractivity contribution is 0.357. The van der Waals surface area contributed by atoms with E-state index in [4.69, 9.17) is 10.3 Å². The molecule has 2 N–H and O–H groups in total. The molecule has 0 saturated heterocycles. The van der Waals surface area contributed by atoms with Crippen LogP contribution in [0.25, 0.3) is 0 Å². The van der Waals surface area contributed by atoms with Crippen LogP contribution in [0.3, 0.4) is 0 Å². The molecule has 0 aliphatic carbocycles. The van der Waals surface area contributed by atoms with Crippen LogP contribution in [-0.2, 0) is 6.42 Å². The van der Waals surface area contributed by atoms with Gasteiger partial charge in [0.25, 0.3) is 0 Å². The molecular weight excluding hydrogens is 142 g/mol. The molecule has 0 fully saturated rings. The van der Waals surface area contributed by atoms with Gasteiger partial charge in [-0.1, -0.05) is 12.1 Å². The summed E-state index contributed by atoms with van der Waals surface area (Å²) < 4.78 is 4.89. The van der Waals surface area contributed by atoms with Crippen molar-refractivity contribution >= 4 is 0 Å². The Labute approximate surface area is 65.8 Å². The predicted octanol–water partition coefficient (Wildman–Crippen LogP) is 1.04. The van der Waals surface area contributed by atoms with Crippen molar-refractivity contribution in [1.82, 2.24) is 10.1 Å². The van der Waals surface area contributed by atoms with Gasteiger partial charge in [-0.25, -0.2) is 0 Å². The second kappa shape index (κ2) is 3.48. The van der Waals surface area contributed by atoms with Crippen LogP contribution in [0, 0.1) is 0 Å². The highest BCUT2D eigenvalue weighted by atomic mass is 16.5. The quantitative estimate of drug-likeness (QED) is 0.708. The maximum atomic E-state index is 5.53. The molecule has 1 atom stereocenters. The monoisotopic (exact) mass is 155 g/mol. The fraction of sp³-hybridized carbons (Fsp3) is 0.714. The van der Waals surface area contributed by atoms with Gasteiger partial charge in [0.1, 0.15) is 0 Å². The molecule has 11 heavy (non-hydrogen) atoms. The molecule has 0 bridgehead atoms. The number of rotatable bonds is 3. The highest BCUT2D eigenvalue weighted by Crippen LogP contribution is 2.06. The fourth-order valence-corrected chi connectivity index (χ4v) is 0.778. The molecule has 62 valence electrons. The van der Waals surface area contributed by atoms with Crippen molar-refractivity contribution in [1.29, 1.82) is 0 Å². The zero-order valence-electron chi connectivity index (χ0n) is 6.87. The van der Waals surface area contributed by atoms with Crippen molar-refractivity contribution < 1.29 is 4.52 Å². The van der Waals surface area contributed by atoms with Crippen LogP contribution in [0.5, 0.6) is 0 Å². The Morgan fingerprint density at radius 1 is 1.64 bits per heavy atom. The molecule has 0 amide bonds. The van der Waals surface area contributed by atoms with Gasteiger partial charge in [-0.3, -0.25) is 0 Å². The van der Waals surface area contributed by atoms with Gasteiger partial charge < -0.3 is 10.3 Å². The van der Waals surface area contributed by atoms with E-state index in [0.717, 1.165) is 18.7 Å². The average Bonchev–Trinajstić information content (AvgIpc) is 2.37. The van der Waals surface area contributed by atoms with Crippen molar-refractivity contribution in [2.75, 3.05) is 0 Å². The summed E-state index contributed by atoms with van der Waals surface area (Å²) in [5.74, 6) is 1.27. The van der Waals surface area contributed by atoms with Gasteiger partial charge in [-0.15, -0.1) is 0 Å².